The molecule has 10 heteroatoms. The van der Waals surface area contributed by atoms with Crippen LogP contribution in [0.1, 0.15) is 39.2 Å². The zero-order valence-electron chi connectivity index (χ0n) is 20.3. The maximum atomic E-state index is 12.7. The molecule has 3 rings (SSSR count). The molecule has 3 aromatic rings. The molecule has 0 fully saturated rings. The van der Waals surface area contributed by atoms with Crippen molar-refractivity contribution in [1.82, 2.24) is 9.55 Å². The Kier molecular flexibility index (Phi) is 7.40. The van der Waals surface area contributed by atoms with Crippen LogP contribution in [0.15, 0.2) is 42.5 Å². The van der Waals surface area contributed by atoms with Gasteiger partial charge in [0.05, 0.1) is 22.7 Å². The fourth-order valence-corrected chi connectivity index (χ4v) is 3.48. The van der Waals surface area contributed by atoms with Gasteiger partial charge in [-0.25, -0.2) is 9.78 Å². The fourth-order valence-electron chi connectivity index (χ4n) is 3.48. The molecule has 0 aliphatic heterocycles. The Hall–Kier alpha value is -4.39. The Morgan fingerprint density at radius 3 is 2.40 bits per heavy atom. The van der Waals surface area contributed by atoms with Gasteiger partial charge in [-0.3, -0.25) is 14.9 Å². The van der Waals surface area contributed by atoms with Crippen molar-refractivity contribution < 1.29 is 14.4 Å². The van der Waals surface area contributed by atoms with Gasteiger partial charge in [-0.05, 0) is 47.9 Å². The number of imidazole rings is 1. The minimum Gasteiger partial charge on any atom is -0.370 e. The number of urea groups is 1. The number of carbonyl (C=O) groups is 3. The maximum absolute atomic E-state index is 12.7. The number of aryl methyl sites for hydroxylation is 1. The Bertz CT molecular complexity index is 1300. The summed E-state index contributed by atoms with van der Waals surface area (Å²) in [5.74, 6) is -0.276. The number of benzene rings is 2. The van der Waals surface area contributed by atoms with E-state index in [1.54, 1.807) is 59.0 Å². The zero-order valence-corrected chi connectivity index (χ0v) is 20.3. The summed E-state index contributed by atoms with van der Waals surface area (Å²) < 4.78 is 1.69. The number of nitrogens with two attached hydrogens (primary N) is 1. The summed E-state index contributed by atoms with van der Waals surface area (Å²) in [5.41, 5.74) is 8.07. The minimum atomic E-state index is -0.539. The standard InChI is InChI=1S/C25H29N7O3/c1-25(2,3)14-22(34)31(4)18-9-10-20-19(13-18)29-23(32(20)12-11-21(27)33)30-24(35)28-17-7-5-16(15-26)6-8-17/h5-10,13H,11-12,14H2,1-4H3,(H2,27,33)(H2,28,29,30,35). The van der Waals surface area contributed by atoms with Gasteiger partial charge in [0.1, 0.15) is 0 Å². The summed E-state index contributed by atoms with van der Waals surface area (Å²) in [4.78, 5) is 42.8. The highest BCUT2D eigenvalue weighted by molar-refractivity contribution is 6.00. The van der Waals surface area contributed by atoms with Gasteiger partial charge in [0.25, 0.3) is 0 Å². The van der Waals surface area contributed by atoms with Crippen LogP contribution in [-0.2, 0) is 16.1 Å². The molecule has 0 atom stereocenters. The van der Waals surface area contributed by atoms with Crippen molar-refractivity contribution in [2.24, 2.45) is 11.1 Å². The molecule has 0 unspecified atom stereocenters. The summed E-state index contributed by atoms with van der Waals surface area (Å²) in [6.45, 7) is 6.23. The topological polar surface area (TPSA) is 146 Å². The molecule has 0 bridgehead atoms. The Balaban J connectivity index is 1.88. The van der Waals surface area contributed by atoms with Crippen molar-refractivity contribution in [3.8, 4) is 6.07 Å². The van der Waals surface area contributed by atoms with Crippen molar-refractivity contribution in [3.05, 3.63) is 48.0 Å². The number of hydrogen-bond acceptors (Lipinski definition) is 5. The van der Waals surface area contributed by atoms with Crippen LogP contribution in [0.25, 0.3) is 11.0 Å². The molecular weight excluding hydrogens is 446 g/mol. The van der Waals surface area contributed by atoms with Crippen LogP contribution >= 0.6 is 0 Å². The highest BCUT2D eigenvalue weighted by Crippen LogP contribution is 2.27. The summed E-state index contributed by atoms with van der Waals surface area (Å²) in [5, 5.41) is 14.3. The lowest BCUT2D eigenvalue weighted by molar-refractivity contribution is -0.120. The molecule has 0 aliphatic carbocycles. The van der Waals surface area contributed by atoms with Gasteiger partial charge in [-0.2, -0.15) is 5.26 Å². The maximum Gasteiger partial charge on any atom is 0.326 e. The van der Waals surface area contributed by atoms with Crippen molar-refractivity contribution in [2.45, 2.75) is 40.2 Å². The van der Waals surface area contributed by atoms with E-state index in [0.29, 0.717) is 34.4 Å². The SMILES string of the molecule is CN(C(=O)CC(C)(C)C)c1ccc2c(c1)nc(NC(=O)Nc1ccc(C#N)cc1)n2CCC(N)=O. The number of nitriles is 1. The van der Waals surface area contributed by atoms with Crippen molar-refractivity contribution in [1.29, 1.82) is 5.26 Å². The number of fused-ring (bicyclic) bond motifs is 1. The summed E-state index contributed by atoms with van der Waals surface area (Å²) in [7, 11) is 1.71. The summed E-state index contributed by atoms with van der Waals surface area (Å²) >= 11 is 0. The lowest BCUT2D eigenvalue weighted by atomic mass is 9.91. The third kappa shape index (κ3) is 6.57. The number of nitrogens with one attached hydrogen (secondary N) is 2. The average molecular weight is 476 g/mol. The second-order valence-corrected chi connectivity index (χ2v) is 9.43. The highest BCUT2D eigenvalue weighted by Gasteiger charge is 2.21. The summed E-state index contributed by atoms with van der Waals surface area (Å²) in [6.07, 6.45) is 0.444. The third-order valence-electron chi connectivity index (χ3n) is 5.25. The number of aromatic nitrogens is 2. The second-order valence-electron chi connectivity index (χ2n) is 9.43. The summed E-state index contributed by atoms with van der Waals surface area (Å²) in [6, 6.07) is 13.3. The van der Waals surface area contributed by atoms with Gasteiger partial charge in [0.2, 0.25) is 17.8 Å². The van der Waals surface area contributed by atoms with Gasteiger partial charge >= 0.3 is 6.03 Å². The van der Waals surface area contributed by atoms with E-state index in [0.717, 1.165) is 0 Å². The molecule has 0 radical (unpaired) electrons. The van der Waals surface area contributed by atoms with Crippen LogP contribution in [0, 0.1) is 16.7 Å². The number of amides is 4. The smallest absolute Gasteiger partial charge is 0.326 e. The molecule has 35 heavy (non-hydrogen) atoms. The van der Waals surface area contributed by atoms with Crippen LogP contribution in [0.2, 0.25) is 0 Å². The number of anilines is 3. The molecule has 0 aliphatic rings. The first-order valence-corrected chi connectivity index (χ1v) is 11.1. The lowest BCUT2D eigenvalue weighted by Crippen LogP contribution is -2.29. The van der Waals surface area contributed by atoms with E-state index in [1.807, 2.05) is 26.8 Å². The number of carbonyl (C=O) groups excluding carboxylic acids is 3. The largest absolute Gasteiger partial charge is 0.370 e. The van der Waals surface area contributed by atoms with Gasteiger partial charge in [0.15, 0.2) is 0 Å². The van der Waals surface area contributed by atoms with Gasteiger partial charge in [-0.15, -0.1) is 0 Å². The molecule has 0 saturated carbocycles. The number of nitrogens with zero attached hydrogens (tertiary/aromatic N) is 4. The normalized spacial score (nSPS) is 11.1. The van der Waals surface area contributed by atoms with Gasteiger partial charge in [-0.1, -0.05) is 20.8 Å². The molecule has 2 aromatic carbocycles. The predicted molar refractivity (Wildman–Crippen MR) is 135 cm³/mol. The van der Waals surface area contributed by atoms with E-state index in [9.17, 15) is 14.4 Å². The fraction of sp³-hybridized carbons (Fsp3) is 0.320. The van der Waals surface area contributed by atoms with E-state index in [4.69, 9.17) is 11.0 Å². The van der Waals surface area contributed by atoms with Crippen molar-refractivity contribution in [3.63, 3.8) is 0 Å². The minimum absolute atomic E-state index is 0.0230. The Labute approximate surface area is 203 Å². The molecular formula is C25H29N7O3. The van der Waals surface area contributed by atoms with Gasteiger partial charge in [0, 0.05) is 37.8 Å². The lowest BCUT2D eigenvalue weighted by Gasteiger charge is -2.23. The average Bonchev–Trinajstić information content (AvgIpc) is 3.12. The first kappa shape index (κ1) is 25.2. The van der Waals surface area contributed by atoms with E-state index in [1.165, 1.54) is 0 Å². The van der Waals surface area contributed by atoms with E-state index < -0.39 is 11.9 Å². The van der Waals surface area contributed by atoms with E-state index in [2.05, 4.69) is 15.6 Å². The van der Waals surface area contributed by atoms with Crippen molar-refractivity contribution in [2.75, 3.05) is 22.6 Å². The van der Waals surface area contributed by atoms with E-state index in [-0.39, 0.29) is 30.2 Å². The van der Waals surface area contributed by atoms with Crippen LogP contribution in [-0.4, -0.2) is 34.4 Å². The molecule has 4 N–H and O–H groups in total. The quantitative estimate of drug-likeness (QED) is 0.475. The Morgan fingerprint density at radius 1 is 1.11 bits per heavy atom. The second kappa shape index (κ2) is 10.3. The number of primary amides is 1. The first-order chi connectivity index (χ1) is 16.5. The van der Waals surface area contributed by atoms with Crippen LogP contribution in [0.3, 0.4) is 0 Å². The van der Waals surface area contributed by atoms with Crippen LogP contribution in [0.5, 0.6) is 0 Å². The van der Waals surface area contributed by atoms with Gasteiger partial charge < -0.3 is 20.5 Å². The van der Waals surface area contributed by atoms with E-state index >= 15 is 0 Å². The Morgan fingerprint density at radius 2 is 1.80 bits per heavy atom. The van der Waals surface area contributed by atoms with Crippen molar-refractivity contribution >= 4 is 46.2 Å². The number of hydrogen-bond donors (Lipinski definition) is 3. The molecule has 0 saturated heterocycles. The molecule has 1 aromatic heterocycles. The molecule has 182 valence electrons. The third-order valence-corrected chi connectivity index (χ3v) is 5.25. The predicted octanol–water partition coefficient (Wildman–Crippen LogP) is 3.83. The van der Waals surface area contributed by atoms with Crippen LogP contribution < -0.4 is 21.3 Å². The molecule has 0 spiro atoms. The highest BCUT2D eigenvalue weighted by atomic mass is 16.2. The molecule has 10 nitrogen and oxygen atoms in total. The van der Waals surface area contributed by atoms with Crippen LogP contribution in [0.4, 0.5) is 22.1 Å². The first-order valence-electron chi connectivity index (χ1n) is 11.1. The zero-order chi connectivity index (χ0) is 25.8. The number of rotatable bonds is 7. The monoisotopic (exact) mass is 475 g/mol. The molecule has 4 amide bonds. The molecule has 1 heterocycles.